The van der Waals surface area contributed by atoms with Crippen LogP contribution in [0.1, 0.15) is 114 Å². The number of aliphatic hydroxyl groups is 3. The first-order valence-electron chi connectivity index (χ1n) is 14.3. The van der Waals surface area contributed by atoms with Gasteiger partial charge in [-0.05, 0) is 91.3 Å². The summed E-state index contributed by atoms with van der Waals surface area (Å²) >= 11 is 0. The molecule has 4 rings (SSSR count). The molecule has 0 unspecified atom stereocenters. The molecule has 0 heterocycles. The molecule has 10 atom stereocenters. The Morgan fingerprint density at radius 2 is 1.59 bits per heavy atom. The van der Waals surface area contributed by atoms with Crippen molar-refractivity contribution in [2.24, 2.45) is 50.7 Å². The van der Waals surface area contributed by atoms with Crippen LogP contribution >= 0.6 is 0 Å². The summed E-state index contributed by atoms with van der Waals surface area (Å²) in [6.07, 6.45) is 9.81. The molecule has 3 N–H and O–H groups in total. The first-order valence-corrected chi connectivity index (χ1v) is 14.3. The van der Waals surface area contributed by atoms with E-state index in [-0.39, 0.29) is 45.4 Å². The van der Waals surface area contributed by atoms with Crippen LogP contribution in [0.3, 0.4) is 0 Å². The SMILES string of the molecule is C[C@H](CC[C@@H](O)C(C)(C)C)[C@H]1CC[C@@]2(C)[C@H]3CC=C4[C@@H](CC[C@H](O)C4(C)C)[C@]3(C)[C@H](O)C[C@]12C. The predicted octanol–water partition coefficient (Wildman–Crippen LogP) is 6.75. The topological polar surface area (TPSA) is 60.7 Å². The number of hydrogen-bond donors (Lipinski definition) is 3. The van der Waals surface area contributed by atoms with E-state index in [1.54, 1.807) is 0 Å². The molecule has 0 saturated heterocycles. The van der Waals surface area contributed by atoms with Gasteiger partial charge in [0.05, 0.1) is 18.3 Å². The van der Waals surface area contributed by atoms with Crippen molar-refractivity contribution < 1.29 is 15.3 Å². The van der Waals surface area contributed by atoms with Gasteiger partial charge in [0.15, 0.2) is 0 Å². The lowest BCUT2D eigenvalue weighted by molar-refractivity contribution is -0.204. The molecule has 3 heteroatoms. The summed E-state index contributed by atoms with van der Waals surface area (Å²) in [4.78, 5) is 0. The van der Waals surface area contributed by atoms with Crippen LogP contribution in [-0.2, 0) is 0 Å². The number of aliphatic hydroxyl groups excluding tert-OH is 3. The van der Waals surface area contributed by atoms with Crippen LogP contribution in [0.15, 0.2) is 11.6 Å². The highest BCUT2D eigenvalue weighted by Gasteiger charge is 2.70. The fraction of sp³-hybridized carbons (Fsp3) is 0.935. The molecule has 4 aliphatic rings. The number of fused-ring (bicyclic) bond motifs is 5. The fourth-order valence-electron chi connectivity index (χ4n) is 9.72. The molecule has 4 aliphatic carbocycles. The van der Waals surface area contributed by atoms with Crippen LogP contribution in [0.4, 0.5) is 0 Å². The summed E-state index contributed by atoms with van der Waals surface area (Å²) in [5.74, 6) is 2.00. The first-order chi connectivity index (χ1) is 15.5. The van der Waals surface area contributed by atoms with Gasteiger partial charge in [0.1, 0.15) is 0 Å². The standard InChI is InChI=1S/C31H54O3/c1-19(10-14-24(32)27(2,3)4)20-16-17-29(7)23-13-11-21-22(12-15-25(33)28(21,5)6)31(23,9)26(34)18-30(20,29)8/h11,19-20,22-26,32-34H,10,12-18H2,1-9H3/t19-,20-,22-,23-,24-,25+,26-,29+,30-,31+/m1/s1. The monoisotopic (exact) mass is 474 g/mol. The third-order valence-electron chi connectivity index (χ3n) is 12.5. The van der Waals surface area contributed by atoms with E-state index < -0.39 is 0 Å². The van der Waals surface area contributed by atoms with Gasteiger partial charge in [0, 0.05) is 10.8 Å². The zero-order chi connectivity index (χ0) is 25.5. The summed E-state index contributed by atoms with van der Waals surface area (Å²) in [5.41, 5.74) is 1.37. The zero-order valence-corrected chi connectivity index (χ0v) is 23.6. The molecule has 34 heavy (non-hydrogen) atoms. The molecule has 0 radical (unpaired) electrons. The van der Waals surface area contributed by atoms with E-state index in [1.165, 1.54) is 18.4 Å². The van der Waals surface area contributed by atoms with Crippen LogP contribution in [0.2, 0.25) is 0 Å². The molecule has 3 fully saturated rings. The highest BCUT2D eigenvalue weighted by Crippen LogP contribution is 2.74. The lowest BCUT2D eigenvalue weighted by atomic mass is 9.38. The zero-order valence-electron chi connectivity index (χ0n) is 23.6. The van der Waals surface area contributed by atoms with Gasteiger partial charge < -0.3 is 15.3 Å². The van der Waals surface area contributed by atoms with Gasteiger partial charge in [-0.3, -0.25) is 0 Å². The molecule has 0 aromatic carbocycles. The van der Waals surface area contributed by atoms with Crippen LogP contribution in [-0.4, -0.2) is 33.6 Å². The molecule has 0 spiro atoms. The lowest BCUT2D eigenvalue weighted by Gasteiger charge is -2.67. The van der Waals surface area contributed by atoms with E-state index in [0.29, 0.717) is 23.7 Å². The lowest BCUT2D eigenvalue weighted by Crippen LogP contribution is -2.64. The molecule has 0 aromatic heterocycles. The summed E-state index contributed by atoms with van der Waals surface area (Å²) in [5, 5.41) is 33.4. The second-order valence-electron chi connectivity index (χ2n) is 15.3. The third-order valence-corrected chi connectivity index (χ3v) is 12.5. The quantitative estimate of drug-likeness (QED) is 0.395. The Kier molecular flexibility index (Phi) is 6.53. The molecule has 0 aliphatic heterocycles. The van der Waals surface area contributed by atoms with Crippen LogP contribution in [0, 0.1) is 50.7 Å². The van der Waals surface area contributed by atoms with Gasteiger partial charge >= 0.3 is 0 Å². The molecule has 3 saturated carbocycles. The van der Waals surface area contributed by atoms with Crippen molar-refractivity contribution in [2.45, 2.75) is 132 Å². The second-order valence-corrected chi connectivity index (χ2v) is 15.3. The minimum atomic E-state index is -0.303. The van der Waals surface area contributed by atoms with E-state index >= 15 is 0 Å². The molecular formula is C31H54O3. The van der Waals surface area contributed by atoms with Gasteiger partial charge in [0.25, 0.3) is 0 Å². The first kappa shape index (κ1) is 26.7. The normalized spacial score (nSPS) is 47.8. The van der Waals surface area contributed by atoms with Crippen molar-refractivity contribution in [2.75, 3.05) is 0 Å². The van der Waals surface area contributed by atoms with E-state index in [2.05, 4.69) is 68.4 Å². The third kappa shape index (κ3) is 3.61. The summed E-state index contributed by atoms with van der Waals surface area (Å²) in [6.45, 7) is 20.7. The Bertz CT molecular complexity index is 808. The minimum Gasteiger partial charge on any atom is -0.393 e. The molecule has 0 bridgehead atoms. The van der Waals surface area contributed by atoms with Crippen molar-refractivity contribution in [1.82, 2.24) is 0 Å². The largest absolute Gasteiger partial charge is 0.393 e. The molecule has 3 nitrogen and oxygen atoms in total. The number of rotatable bonds is 4. The van der Waals surface area contributed by atoms with Crippen molar-refractivity contribution in [3.8, 4) is 0 Å². The van der Waals surface area contributed by atoms with Crippen LogP contribution < -0.4 is 0 Å². The highest BCUT2D eigenvalue weighted by molar-refractivity contribution is 5.31. The summed E-state index contributed by atoms with van der Waals surface area (Å²) in [7, 11) is 0. The summed E-state index contributed by atoms with van der Waals surface area (Å²) < 4.78 is 0. The van der Waals surface area contributed by atoms with E-state index in [4.69, 9.17) is 0 Å². The number of hydrogen-bond acceptors (Lipinski definition) is 3. The van der Waals surface area contributed by atoms with Crippen molar-refractivity contribution in [3.63, 3.8) is 0 Å². The van der Waals surface area contributed by atoms with Gasteiger partial charge in [-0.2, -0.15) is 0 Å². The Labute approximate surface area is 209 Å². The van der Waals surface area contributed by atoms with Crippen molar-refractivity contribution >= 4 is 0 Å². The van der Waals surface area contributed by atoms with Gasteiger partial charge in [0.2, 0.25) is 0 Å². The molecule has 0 amide bonds. The maximum absolute atomic E-state index is 12.0. The van der Waals surface area contributed by atoms with E-state index in [9.17, 15) is 15.3 Å². The molecular weight excluding hydrogens is 420 g/mol. The van der Waals surface area contributed by atoms with Crippen LogP contribution in [0.5, 0.6) is 0 Å². The van der Waals surface area contributed by atoms with Gasteiger partial charge in [-0.1, -0.05) is 74.0 Å². The average Bonchev–Trinajstić information content (AvgIpc) is 2.99. The minimum absolute atomic E-state index is 0.0653. The maximum Gasteiger partial charge on any atom is 0.0628 e. The highest BCUT2D eigenvalue weighted by atomic mass is 16.3. The second kappa shape index (κ2) is 8.32. The van der Waals surface area contributed by atoms with E-state index in [1.807, 2.05) is 0 Å². The van der Waals surface area contributed by atoms with Crippen molar-refractivity contribution in [3.05, 3.63) is 11.6 Å². The van der Waals surface area contributed by atoms with Gasteiger partial charge in [-0.15, -0.1) is 0 Å². The predicted molar refractivity (Wildman–Crippen MR) is 140 cm³/mol. The molecule has 196 valence electrons. The Hall–Kier alpha value is -0.380. The Balaban J connectivity index is 1.63. The van der Waals surface area contributed by atoms with Crippen LogP contribution in [0.25, 0.3) is 0 Å². The Morgan fingerprint density at radius 1 is 0.941 bits per heavy atom. The van der Waals surface area contributed by atoms with Gasteiger partial charge in [-0.25, -0.2) is 0 Å². The number of allylic oxidation sites excluding steroid dienone is 1. The summed E-state index contributed by atoms with van der Waals surface area (Å²) in [6, 6.07) is 0. The maximum atomic E-state index is 12.0. The smallest absolute Gasteiger partial charge is 0.0628 e. The molecule has 0 aromatic rings. The van der Waals surface area contributed by atoms with Crippen molar-refractivity contribution in [1.29, 1.82) is 0 Å². The average molecular weight is 475 g/mol. The fourth-order valence-corrected chi connectivity index (χ4v) is 9.72. The Morgan fingerprint density at radius 3 is 2.21 bits per heavy atom. The van der Waals surface area contributed by atoms with E-state index in [0.717, 1.165) is 38.5 Å².